The number of hydrogen-bond donors (Lipinski definition) is 0. The van der Waals surface area contributed by atoms with Gasteiger partial charge in [-0.05, 0) is 46.1 Å². The zero-order valence-electron chi connectivity index (χ0n) is 10.6. The summed E-state index contributed by atoms with van der Waals surface area (Å²) in [6.07, 6.45) is 0. The van der Waals surface area contributed by atoms with Crippen molar-refractivity contribution >= 4 is 50.5 Å². The summed E-state index contributed by atoms with van der Waals surface area (Å²) < 4.78 is 12.2. The quantitative estimate of drug-likeness (QED) is 0.620. The van der Waals surface area contributed by atoms with Gasteiger partial charge in [0.1, 0.15) is 13.2 Å². The molecular formula is C14H11BrCl2O2S. The number of aryl methyl sites for hydroxylation is 1. The molecule has 2 aromatic rings. The molecule has 106 valence electrons. The van der Waals surface area contributed by atoms with Crippen LogP contribution in [0.25, 0.3) is 0 Å². The lowest BCUT2D eigenvalue weighted by molar-refractivity contribution is 0.171. The van der Waals surface area contributed by atoms with E-state index in [9.17, 15) is 0 Å². The first-order valence-electron chi connectivity index (χ1n) is 6.05. The maximum absolute atomic E-state index is 6.57. The molecule has 1 aliphatic rings. The van der Waals surface area contributed by atoms with Crippen molar-refractivity contribution < 1.29 is 9.47 Å². The highest BCUT2D eigenvalue weighted by atomic mass is 79.9. The van der Waals surface area contributed by atoms with Crippen LogP contribution < -0.4 is 9.47 Å². The Morgan fingerprint density at radius 1 is 1.20 bits per heavy atom. The van der Waals surface area contributed by atoms with Gasteiger partial charge in [-0.25, -0.2) is 0 Å². The number of halogens is 3. The van der Waals surface area contributed by atoms with Crippen LogP contribution in [0.4, 0.5) is 0 Å². The molecule has 0 aliphatic carbocycles. The lowest BCUT2D eigenvalue weighted by Gasteiger charge is -2.21. The van der Waals surface area contributed by atoms with Gasteiger partial charge in [0.05, 0.1) is 9.16 Å². The van der Waals surface area contributed by atoms with Gasteiger partial charge < -0.3 is 9.47 Å². The Labute approximate surface area is 139 Å². The minimum absolute atomic E-state index is 0.298. The van der Waals surface area contributed by atoms with E-state index in [1.54, 1.807) is 17.4 Å². The van der Waals surface area contributed by atoms with Crippen molar-refractivity contribution in [2.24, 2.45) is 0 Å². The van der Waals surface area contributed by atoms with Gasteiger partial charge >= 0.3 is 0 Å². The summed E-state index contributed by atoms with van der Waals surface area (Å²) in [6.45, 7) is 3.13. The van der Waals surface area contributed by atoms with Crippen LogP contribution in [0, 0.1) is 6.92 Å². The zero-order chi connectivity index (χ0) is 14.3. The highest BCUT2D eigenvalue weighted by molar-refractivity contribution is 9.11. The molecule has 1 aliphatic heterocycles. The first-order valence-corrected chi connectivity index (χ1v) is 8.47. The second-order valence-corrected chi connectivity index (χ2v) is 7.73. The van der Waals surface area contributed by atoms with Gasteiger partial charge in [-0.2, -0.15) is 0 Å². The first-order chi connectivity index (χ1) is 9.56. The summed E-state index contributed by atoms with van der Waals surface area (Å²) in [5.41, 5.74) is 2.01. The van der Waals surface area contributed by atoms with Crippen LogP contribution in [0.15, 0.2) is 22.0 Å². The van der Waals surface area contributed by atoms with Gasteiger partial charge in [-0.1, -0.05) is 11.6 Å². The third kappa shape index (κ3) is 2.67. The third-order valence-electron chi connectivity index (χ3n) is 3.06. The number of benzene rings is 1. The second-order valence-electron chi connectivity index (χ2n) is 4.49. The lowest BCUT2D eigenvalue weighted by atomic mass is 10.1. The van der Waals surface area contributed by atoms with Gasteiger partial charge in [-0.15, -0.1) is 22.9 Å². The monoisotopic (exact) mass is 392 g/mol. The average Bonchev–Trinajstić information content (AvgIpc) is 2.77. The number of hydrogen-bond acceptors (Lipinski definition) is 3. The highest BCUT2D eigenvalue weighted by Crippen LogP contribution is 2.44. The normalized spacial score (nSPS) is 15.2. The second kappa shape index (κ2) is 5.76. The third-order valence-corrected chi connectivity index (χ3v) is 6.19. The van der Waals surface area contributed by atoms with Crippen molar-refractivity contribution in [3.63, 3.8) is 0 Å². The molecule has 2 nitrogen and oxygen atoms in total. The fourth-order valence-corrected chi connectivity index (χ4v) is 4.30. The van der Waals surface area contributed by atoms with Crippen LogP contribution in [0.2, 0.25) is 5.02 Å². The molecule has 2 heterocycles. The van der Waals surface area contributed by atoms with Crippen molar-refractivity contribution in [1.82, 2.24) is 0 Å². The summed E-state index contributed by atoms with van der Waals surface area (Å²) in [5, 5.41) is 0.296. The van der Waals surface area contributed by atoms with E-state index in [0.717, 1.165) is 14.2 Å². The first kappa shape index (κ1) is 14.5. The minimum Gasteiger partial charge on any atom is -0.486 e. The Morgan fingerprint density at radius 3 is 2.45 bits per heavy atom. The molecular weight excluding hydrogens is 383 g/mol. The van der Waals surface area contributed by atoms with Crippen LogP contribution in [-0.4, -0.2) is 13.2 Å². The standard InChI is InChI=1S/C14H11BrCl2O2S/c1-7-4-12(20-14(7)15)13(17)8-5-10-11(6-9(8)16)19-3-2-18-10/h4-6,13H,2-3H2,1H3. The predicted molar refractivity (Wildman–Crippen MR) is 86.9 cm³/mol. The van der Waals surface area contributed by atoms with Gasteiger partial charge in [0.25, 0.3) is 0 Å². The molecule has 0 fully saturated rings. The summed E-state index contributed by atoms with van der Waals surface area (Å²) in [4.78, 5) is 1.05. The van der Waals surface area contributed by atoms with E-state index in [2.05, 4.69) is 22.0 Å². The van der Waals surface area contributed by atoms with E-state index in [4.69, 9.17) is 32.7 Å². The van der Waals surface area contributed by atoms with E-state index in [1.807, 2.05) is 13.0 Å². The van der Waals surface area contributed by atoms with E-state index >= 15 is 0 Å². The fourth-order valence-electron chi connectivity index (χ4n) is 2.04. The number of rotatable bonds is 2. The molecule has 1 atom stereocenters. The summed E-state index contributed by atoms with van der Waals surface area (Å²) in [5.74, 6) is 1.38. The molecule has 1 aromatic carbocycles. The summed E-state index contributed by atoms with van der Waals surface area (Å²) >= 11 is 18.0. The minimum atomic E-state index is -0.298. The molecule has 6 heteroatoms. The summed E-state index contributed by atoms with van der Waals surface area (Å²) in [7, 11) is 0. The molecule has 0 saturated carbocycles. The van der Waals surface area contributed by atoms with Gasteiger partial charge in [0, 0.05) is 16.0 Å². The average molecular weight is 394 g/mol. The number of alkyl halides is 1. The largest absolute Gasteiger partial charge is 0.486 e. The Morgan fingerprint density at radius 2 is 1.85 bits per heavy atom. The van der Waals surface area contributed by atoms with E-state index < -0.39 is 0 Å². The van der Waals surface area contributed by atoms with Crippen molar-refractivity contribution in [1.29, 1.82) is 0 Å². The SMILES string of the molecule is Cc1cc(C(Cl)c2cc3c(cc2Cl)OCCO3)sc1Br. The molecule has 0 spiro atoms. The molecule has 0 radical (unpaired) electrons. The number of fused-ring (bicyclic) bond motifs is 1. The van der Waals surface area contributed by atoms with Crippen LogP contribution in [0.1, 0.15) is 21.4 Å². The topological polar surface area (TPSA) is 18.5 Å². The maximum Gasteiger partial charge on any atom is 0.162 e. The van der Waals surface area contributed by atoms with Crippen molar-refractivity contribution in [2.75, 3.05) is 13.2 Å². The van der Waals surface area contributed by atoms with Crippen molar-refractivity contribution in [3.05, 3.63) is 43.0 Å². The molecule has 0 bridgehead atoms. The Kier molecular flexibility index (Phi) is 4.18. The molecule has 0 amide bonds. The van der Waals surface area contributed by atoms with Crippen LogP contribution in [0.3, 0.4) is 0 Å². The highest BCUT2D eigenvalue weighted by Gasteiger charge is 2.22. The predicted octanol–water partition coefficient (Wildman–Crippen LogP) is 5.57. The van der Waals surface area contributed by atoms with E-state index in [1.165, 1.54) is 5.56 Å². The molecule has 1 aromatic heterocycles. The molecule has 0 N–H and O–H groups in total. The van der Waals surface area contributed by atoms with Gasteiger partial charge in [0.2, 0.25) is 0 Å². The lowest BCUT2D eigenvalue weighted by Crippen LogP contribution is -2.15. The zero-order valence-corrected chi connectivity index (χ0v) is 14.5. The van der Waals surface area contributed by atoms with Crippen molar-refractivity contribution in [3.8, 4) is 11.5 Å². The Balaban J connectivity index is 2.00. The smallest absolute Gasteiger partial charge is 0.162 e. The molecule has 3 rings (SSSR count). The van der Waals surface area contributed by atoms with Gasteiger partial charge in [0.15, 0.2) is 11.5 Å². The molecule has 1 unspecified atom stereocenters. The van der Waals surface area contributed by atoms with Gasteiger partial charge in [-0.3, -0.25) is 0 Å². The van der Waals surface area contributed by atoms with Crippen LogP contribution in [0.5, 0.6) is 11.5 Å². The number of ether oxygens (including phenoxy) is 2. The molecule has 20 heavy (non-hydrogen) atoms. The Bertz CT molecular complexity index is 637. The fraction of sp³-hybridized carbons (Fsp3) is 0.286. The van der Waals surface area contributed by atoms with E-state index in [-0.39, 0.29) is 5.38 Å². The van der Waals surface area contributed by atoms with Crippen molar-refractivity contribution in [2.45, 2.75) is 12.3 Å². The maximum atomic E-state index is 6.57. The van der Waals surface area contributed by atoms with Crippen LogP contribution >= 0.6 is 50.5 Å². The number of thiophene rings is 1. The Hall–Kier alpha value is -0.420. The van der Waals surface area contributed by atoms with E-state index in [0.29, 0.717) is 29.7 Å². The summed E-state index contributed by atoms with van der Waals surface area (Å²) in [6, 6.07) is 5.72. The van der Waals surface area contributed by atoms with Crippen LogP contribution in [-0.2, 0) is 0 Å². The molecule has 0 saturated heterocycles.